The van der Waals surface area contributed by atoms with Crippen LogP contribution in [0.1, 0.15) is 31.4 Å². The second-order valence-corrected chi connectivity index (χ2v) is 6.62. The van der Waals surface area contributed by atoms with Crippen molar-refractivity contribution in [2.75, 3.05) is 32.7 Å². The van der Waals surface area contributed by atoms with E-state index >= 15 is 0 Å². The molecule has 0 bridgehead atoms. The number of guanidine groups is 1. The SMILES string of the molecule is CCNC(=NCC(c1ccccc1)N1CCCC1)NCCn1ccnc1.I. The summed E-state index contributed by atoms with van der Waals surface area (Å²) in [4.78, 5) is 11.5. The van der Waals surface area contributed by atoms with Crippen LogP contribution in [0, 0.1) is 0 Å². The van der Waals surface area contributed by atoms with Gasteiger partial charge in [-0.2, -0.15) is 0 Å². The molecule has 1 aromatic carbocycles. The number of likely N-dealkylation sites (tertiary alicyclic amines) is 1. The zero-order valence-corrected chi connectivity index (χ0v) is 18.4. The number of hydrogen-bond acceptors (Lipinski definition) is 3. The summed E-state index contributed by atoms with van der Waals surface area (Å²) in [6.07, 6.45) is 8.20. The maximum Gasteiger partial charge on any atom is 0.191 e. The second kappa shape index (κ2) is 12.0. The predicted octanol–water partition coefficient (Wildman–Crippen LogP) is 2.89. The molecule has 27 heavy (non-hydrogen) atoms. The van der Waals surface area contributed by atoms with Gasteiger partial charge in [0, 0.05) is 32.0 Å². The Morgan fingerprint density at radius 1 is 1.19 bits per heavy atom. The highest BCUT2D eigenvalue weighted by atomic mass is 127. The zero-order valence-electron chi connectivity index (χ0n) is 16.1. The Bertz CT molecular complexity index is 652. The van der Waals surface area contributed by atoms with Crippen LogP contribution in [-0.4, -0.2) is 53.1 Å². The fourth-order valence-electron chi connectivity index (χ4n) is 3.40. The third kappa shape index (κ3) is 6.80. The van der Waals surface area contributed by atoms with Gasteiger partial charge in [0.2, 0.25) is 0 Å². The Morgan fingerprint density at radius 2 is 1.96 bits per heavy atom. The lowest BCUT2D eigenvalue weighted by Gasteiger charge is -2.27. The summed E-state index contributed by atoms with van der Waals surface area (Å²) in [7, 11) is 0. The fourth-order valence-corrected chi connectivity index (χ4v) is 3.40. The molecule has 1 atom stereocenters. The Kier molecular flexibility index (Phi) is 9.61. The van der Waals surface area contributed by atoms with E-state index in [9.17, 15) is 0 Å². The van der Waals surface area contributed by atoms with Crippen LogP contribution in [0.2, 0.25) is 0 Å². The van der Waals surface area contributed by atoms with Gasteiger partial charge >= 0.3 is 0 Å². The van der Waals surface area contributed by atoms with Crippen molar-refractivity contribution in [1.29, 1.82) is 0 Å². The summed E-state index contributed by atoms with van der Waals surface area (Å²) in [5.74, 6) is 0.882. The third-order valence-corrected chi connectivity index (χ3v) is 4.75. The molecule has 1 saturated heterocycles. The first kappa shape index (κ1) is 21.7. The van der Waals surface area contributed by atoms with Crippen LogP contribution >= 0.6 is 24.0 Å². The summed E-state index contributed by atoms with van der Waals surface area (Å²) < 4.78 is 2.06. The van der Waals surface area contributed by atoms with Gasteiger partial charge in [-0.25, -0.2) is 4.98 Å². The number of aliphatic imine (C=N–C) groups is 1. The van der Waals surface area contributed by atoms with Gasteiger partial charge in [0.15, 0.2) is 5.96 Å². The first-order chi connectivity index (χ1) is 12.9. The van der Waals surface area contributed by atoms with Crippen molar-refractivity contribution >= 4 is 29.9 Å². The van der Waals surface area contributed by atoms with E-state index in [0.717, 1.165) is 32.1 Å². The van der Waals surface area contributed by atoms with Gasteiger partial charge in [-0.05, 0) is 38.4 Å². The fraction of sp³-hybridized carbons (Fsp3) is 0.500. The molecule has 6 nitrogen and oxygen atoms in total. The van der Waals surface area contributed by atoms with Crippen LogP contribution in [0.25, 0.3) is 0 Å². The molecule has 1 aliphatic heterocycles. The van der Waals surface area contributed by atoms with E-state index in [1.54, 1.807) is 6.20 Å². The molecule has 1 unspecified atom stereocenters. The van der Waals surface area contributed by atoms with Crippen molar-refractivity contribution in [3.63, 3.8) is 0 Å². The minimum atomic E-state index is 0. The van der Waals surface area contributed by atoms with Crippen molar-refractivity contribution in [2.45, 2.75) is 32.4 Å². The van der Waals surface area contributed by atoms with Gasteiger partial charge in [0.05, 0.1) is 18.9 Å². The van der Waals surface area contributed by atoms with Crippen molar-refractivity contribution < 1.29 is 0 Å². The topological polar surface area (TPSA) is 57.5 Å². The number of imidazole rings is 1. The molecule has 0 saturated carbocycles. The van der Waals surface area contributed by atoms with Crippen LogP contribution in [0.3, 0.4) is 0 Å². The molecule has 2 aromatic rings. The average Bonchev–Trinajstić information content (AvgIpc) is 3.37. The van der Waals surface area contributed by atoms with Crippen LogP contribution < -0.4 is 10.6 Å². The summed E-state index contributed by atoms with van der Waals surface area (Å²) in [6, 6.07) is 11.1. The molecule has 0 spiro atoms. The molecule has 3 rings (SSSR count). The quantitative estimate of drug-likeness (QED) is 0.345. The van der Waals surface area contributed by atoms with Gasteiger partial charge in [-0.15, -0.1) is 24.0 Å². The maximum atomic E-state index is 4.88. The Balaban J connectivity index is 0.00000261. The van der Waals surface area contributed by atoms with Crippen LogP contribution in [0.4, 0.5) is 0 Å². The normalized spacial score (nSPS) is 16.0. The number of halogens is 1. The van der Waals surface area contributed by atoms with Crippen LogP contribution in [0.15, 0.2) is 54.0 Å². The number of rotatable bonds is 8. The van der Waals surface area contributed by atoms with E-state index in [1.807, 2.05) is 12.5 Å². The lowest BCUT2D eigenvalue weighted by molar-refractivity contribution is 0.251. The molecule has 1 aromatic heterocycles. The highest BCUT2D eigenvalue weighted by Gasteiger charge is 2.23. The number of aromatic nitrogens is 2. The van der Waals surface area contributed by atoms with Crippen LogP contribution in [0.5, 0.6) is 0 Å². The monoisotopic (exact) mass is 482 g/mol. The number of hydrogen-bond donors (Lipinski definition) is 2. The predicted molar refractivity (Wildman–Crippen MR) is 122 cm³/mol. The summed E-state index contributed by atoms with van der Waals surface area (Å²) in [6.45, 7) is 7.75. The van der Waals surface area contributed by atoms with Gasteiger partial charge in [-0.1, -0.05) is 30.3 Å². The molecular formula is C20H31IN6. The smallest absolute Gasteiger partial charge is 0.191 e. The number of benzene rings is 1. The molecule has 1 fully saturated rings. The van der Waals surface area contributed by atoms with Crippen molar-refractivity contribution in [2.24, 2.45) is 4.99 Å². The van der Waals surface area contributed by atoms with E-state index in [-0.39, 0.29) is 24.0 Å². The minimum absolute atomic E-state index is 0. The molecule has 0 aliphatic carbocycles. The van der Waals surface area contributed by atoms with Gasteiger partial charge in [0.1, 0.15) is 0 Å². The number of nitrogens with zero attached hydrogens (tertiary/aromatic N) is 4. The highest BCUT2D eigenvalue weighted by Crippen LogP contribution is 2.25. The summed E-state index contributed by atoms with van der Waals surface area (Å²) in [5, 5.41) is 6.78. The van der Waals surface area contributed by atoms with Gasteiger partial charge in [-0.3, -0.25) is 9.89 Å². The minimum Gasteiger partial charge on any atom is -0.357 e. The molecule has 1 aliphatic rings. The van der Waals surface area contributed by atoms with E-state index in [0.29, 0.717) is 6.04 Å². The molecule has 0 radical (unpaired) electrons. The molecule has 0 amide bonds. The Labute approximate surface area is 179 Å². The Hall–Kier alpha value is -1.61. The first-order valence-corrected chi connectivity index (χ1v) is 9.63. The van der Waals surface area contributed by atoms with Crippen molar-refractivity contribution in [1.82, 2.24) is 25.1 Å². The highest BCUT2D eigenvalue weighted by molar-refractivity contribution is 14.0. The second-order valence-electron chi connectivity index (χ2n) is 6.62. The summed E-state index contributed by atoms with van der Waals surface area (Å²) in [5.41, 5.74) is 1.35. The zero-order chi connectivity index (χ0) is 18.0. The van der Waals surface area contributed by atoms with E-state index in [1.165, 1.54) is 31.5 Å². The third-order valence-electron chi connectivity index (χ3n) is 4.75. The molecule has 2 heterocycles. The molecule has 148 valence electrons. The van der Waals surface area contributed by atoms with Gasteiger partial charge < -0.3 is 15.2 Å². The van der Waals surface area contributed by atoms with Crippen molar-refractivity contribution in [3.8, 4) is 0 Å². The van der Waals surface area contributed by atoms with E-state index in [4.69, 9.17) is 4.99 Å². The van der Waals surface area contributed by atoms with E-state index < -0.39 is 0 Å². The number of nitrogens with one attached hydrogen (secondary N) is 2. The maximum absolute atomic E-state index is 4.88. The van der Waals surface area contributed by atoms with Crippen molar-refractivity contribution in [3.05, 3.63) is 54.6 Å². The summed E-state index contributed by atoms with van der Waals surface area (Å²) >= 11 is 0. The average molecular weight is 482 g/mol. The van der Waals surface area contributed by atoms with Crippen LogP contribution in [-0.2, 0) is 6.54 Å². The standard InChI is InChI=1S/C20H30N6.HI/c1-2-22-20(23-11-15-25-14-10-21-17-25)24-16-19(26-12-6-7-13-26)18-8-4-3-5-9-18;/h3-5,8-10,14,17,19H,2,6-7,11-13,15-16H2,1H3,(H2,22,23,24);1H. The lowest BCUT2D eigenvalue weighted by Crippen LogP contribution is -2.39. The van der Waals surface area contributed by atoms with E-state index in [2.05, 4.69) is 62.3 Å². The lowest BCUT2D eigenvalue weighted by atomic mass is 10.1. The first-order valence-electron chi connectivity index (χ1n) is 9.63. The molecule has 2 N–H and O–H groups in total. The largest absolute Gasteiger partial charge is 0.357 e. The van der Waals surface area contributed by atoms with Gasteiger partial charge in [0.25, 0.3) is 0 Å². The molecule has 7 heteroatoms. The molecular weight excluding hydrogens is 451 g/mol. The Morgan fingerprint density at radius 3 is 2.63 bits per heavy atom.